The van der Waals surface area contributed by atoms with Crippen molar-refractivity contribution in [3.63, 3.8) is 0 Å². The standard InChI is InChI=1S/C21H29N3O/c1-17(2)19-8-9-20(23-22-19)24-14-12-21(16-25,13-15-24)11-10-18-6-4-3-5-7-18/h3-9,17,25H,10-16H2,1-2H3. The topological polar surface area (TPSA) is 49.2 Å². The van der Waals surface area contributed by atoms with Gasteiger partial charge in [-0.1, -0.05) is 44.2 Å². The summed E-state index contributed by atoms with van der Waals surface area (Å²) < 4.78 is 0. The lowest BCUT2D eigenvalue weighted by molar-refractivity contribution is 0.0872. The molecule has 1 aromatic heterocycles. The fourth-order valence-corrected chi connectivity index (χ4v) is 3.56. The van der Waals surface area contributed by atoms with Crippen LogP contribution in [0.4, 0.5) is 5.82 Å². The van der Waals surface area contributed by atoms with Gasteiger partial charge in [-0.05, 0) is 54.7 Å². The molecule has 0 aliphatic carbocycles. The number of aliphatic hydroxyl groups is 1. The van der Waals surface area contributed by atoms with E-state index in [1.165, 1.54) is 5.56 Å². The van der Waals surface area contributed by atoms with E-state index in [1.807, 2.05) is 0 Å². The number of nitrogens with zero attached hydrogens (tertiary/aromatic N) is 3. The van der Waals surface area contributed by atoms with Gasteiger partial charge >= 0.3 is 0 Å². The maximum Gasteiger partial charge on any atom is 0.151 e. The summed E-state index contributed by atoms with van der Waals surface area (Å²) in [5.41, 5.74) is 2.43. The predicted octanol–water partition coefficient (Wildman–Crippen LogP) is 3.81. The van der Waals surface area contributed by atoms with Crippen LogP contribution in [0.1, 0.15) is 50.3 Å². The zero-order valence-electron chi connectivity index (χ0n) is 15.4. The van der Waals surface area contributed by atoms with Gasteiger partial charge in [0.25, 0.3) is 0 Å². The molecule has 4 nitrogen and oxygen atoms in total. The second kappa shape index (κ2) is 7.96. The van der Waals surface area contributed by atoms with E-state index in [1.54, 1.807) is 0 Å². The first-order valence-corrected chi connectivity index (χ1v) is 9.35. The number of anilines is 1. The highest BCUT2D eigenvalue weighted by atomic mass is 16.3. The van der Waals surface area contributed by atoms with Crippen molar-refractivity contribution >= 4 is 5.82 Å². The smallest absolute Gasteiger partial charge is 0.151 e. The molecule has 1 aliphatic rings. The third kappa shape index (κ3) is 4.37. The summed E-state index contributed by atoms with van der Waals surface area (Å²) in [4.78, 5) is 2.30. The summed E-state index contributed by atoms with van der Waals surface area (Å²) in [6.07, 6.45) is 4.08. The van der Waals surface area contributed by atoms with E-state index in [0.717, 1.165) is 50.3 Å². The van der Waals surface area contributed by atoms with Gasteiger partial charge in [0.05, 0.1) is 5.69 Å². The number of benzene rings is 1. The van der Waals surface area contributed by atoms with Gasteiger partial charge < -0.3 is 10.0 Å². The number of rotatable bonds is 6. The average molecular weight is 339 g/mol. The molecule has 0 atom stereocenters. The van der Waals surface area contributed by atoms with Crippen LogP contribution >= 0.6 is 0 Å². The van der Waals surface area contributed by atoms with Crippen molar-refractivity contribution in [3.05, 3.63) is 53.7 Å². The molecule has 0 saturated carbocycles. The van der Waals surface area contributed by atoms with E-state index in [-0.39, 0.29) is 12.0 Å². The molecule has 1 N–H and O–H groups in total. The zero-order valence-corrected chi connectivity index (χ0v) is 15.4. The highest BCUT2D eigenvalue weighted by Gasteiger charge is 2.34. The Kier molecular flexibility index (Phi) is 5.69. The lowest BCUT2D eigenvalue weighted by Crippen LogP contribution is -2.42. The monoisotopic (exact) mass is 339 g/mol. The molecule has 134 valence electrons. The molecule has 1 aliphatic heterocycles. The molecule has 0 unspecified atom stereocenters. The van der Waals surface area contributed by atoms with E-state index in [4.69, 9.17) is 0 Å². The lowest BCUT2D eigenvalue weighted by atomic mass is 9.75. The predicted molar refractivity (Wildman–Crippen MR) is 102 cm³/mol. The highest BCUT2D eigenvalue weighted by Crippen LogP contribution is 2.36. The van der Waals surface area contributed by atoms with Crippen molar-refractivity contribution in [2.45, 2.75) is 45.4 Å². The third-order valence-electron chi connectivity index (χ3n) is 5.53. The molecule has 2 aromatic rings. The van der Waals surface area contributed by atoms with Crippen LogP contribution in [0.2, 0.25) is 0 Å². The van der Waals surface area contributed by atoms with Gasteiger partial charge in [0.15, 0.2) is 5.82 Å². The van der Waals surface area contributed by atoms with Crippen LogP contribution in [0.25, 0.3) is 0 Å². The largest absolute Gasteiger partial charge is 0.396 e. The Balaban J connectivity index is 1.58. The van der Waals surface area contributed by atoms with Crippen molar-refractivity contribution < 1.29 is 5.11 Å². The minimum atomic E-state index is 0.0393. The van der Waals surface area contributed by atoms with Gasteiger partial charge in [0.2, 0.25) is 0 Å². The molecule has 3 rings (SSSR count). The van der Waals surface area contributed by atoms with Crippen LogP contribution in [-0.4, -0.2) is 35.0 Å². The average Bonchev–Trinajstić information content (AvgIpc) is 2.68. The second-order valence-electron chi connectivity index (χ2n) is 7.60. The molecule has 4 heteroatoms. The van der Waals surface area contributed by atoms with Crippen LogP contribution in [0.15, 0.2) is 42.5 Å². The summed E-state index contributed by atoms with van der Waals surface area (Å²) in [7, 11) is 0. The van der Waals surface area contributed by atoms with Crippen LogP contribution < -0.4 is 4.90 Å². The molecular formula is C21H29N3O. The third-order valence-corrected chi connectivity index (χ3v) is 5.53. The van der Waals surface area contributed by atoms with Crippen molar-refractivity contribution in [2.75, 3.05) is 24.6 Å². The van der Waals surface area contributed by atoms with Crippen molar-refractivity contribution in [1.82, 2.24) is 10.2 Å². The number of hydrogen-bond donors (Lipinski definition) is 1. The van der Waals surface area contributed by atoms with Crippen LogP contribution in [0.5, 0.6) is 0 Å². The molecule has 0 amide bonds. The van der Waals surface area contributed by atoms with Gasteiger partial charge in [-0.3, -0.25) is 0 Å². The molecule has 1 saturated heterocycles. The minimum absolute atomic E-state index is 0.0393. The Morgan fingerprint density at radius 3 is 2.32 bits per heavy atom. The number of piperidine rings is 1. The lowest BCUT2D eigenvalue weighted by Gasteiger charge is -2.41. The summed E-state index contributed by atoms with van der Waals surface area (Å²) in [6, 6.07) is 14.7. The first kappa shape index (κ1) is 17.9. The van der Waals surface area contributed by atoms with E-state index >= 15 is 0 Å². The first-order chi connectivity index (χ1) is 12.1. The first-order valence-electron chi connectivity index (χ1n) is 9.35. The number of aliphatic hydroxyl groups excluding tert-OH is 1. The Hall–Kier alpha value is -1.94. The van der Waals surface area contributed by atoms with Crippen LogP contribution in [0.3, 0.4) is 0 Å². The van der Waals surface area contributed by atoms with E-state index in [0.29, 0.717) is 5.92 Å². The van der Waals surface area contributed by atoms with Crippen molar-refractivity contribution in [2.24, 2.45) is 5.41 Å². The quantitative estimate of drug-likeness (QED) is 0.869. The molecular weight excluding hydrogens is 310 g/mol. The Bertz CT molecular complexity index is 647. The maximum atomic E-state index is 10.0. The van der Waals surface area contributed by atoms with Gasteiger partial charge in [-0.2, -0.15) is 5.10 Å². The summed E-state index contributed by atoms with van der Waals surface area (Å²) in [5, 5.41) is 18.8. The summed E-state index contributed by atoms with van der Waals surface area (Å²) in [5.74, 6) is 1.36. The zero-order chi connectivity index (χ0) is 17.7. The molecule has 2 heterocycles. The Morgan fingerprint density at radius 2 is 1.76 bits per heavy atom. The molecule has 0 radical (unpaired) electrons. The van der Waals surface area contributed by atoms with Gasteiger partial charge in [0, 0.05) is 19.7 Å². The fourth-order valence-electron chi connectivity index (χ4n) is 3.56. The van der Waals surface area contributed by atoms with E-state index in [2.05, 4.69) is 71.4 Å². The van der Waals surface area contributed by atoms with Crippen molar-refractivity contribution in [3.8, 4) is 0 Å². The van der Waals surface area contributed by atoms with Crippen LogP contribution in [-0.2, 0) is 6.42 Å². The minimum Gasteiger partial charge on any atom is -0.396 e. The van der Waals surface area contributed by atoms with Gasteiger partial charge in [0.1, 0.15) is 0 Å². The molecule has 1 aromatic carbocycles. The number of aromatic nitrogens is 2. The van der Waals surface area contributed by atoms with E-state index < -0.39 is 0 Å². The highest BCUT2D eigenvalue weighted by molar-refractivity contribution is 5.38. The fraction of sp³-hybridized carbons (Fsp3) is 0.524. The van der Waals surface area contributed by atoms with Gasteiger partial charge in [-0.25, -0.2) is 0 Å². The SMILES string of the molecule is CC(C)c1ccc(N2CCC(CO)(CCc3ccccc3)CC2)nn1. The summed E-state index contributed by atoms with van der Waals surface area (Å²) >= 11 is 0. The Labute approximate surface area is 150 Å². The number of hydrogen-bond acceptors (Lipinski definition) is 4. The molecule has 0 spiro atoms. The maximum absolute atomic E-state index is 10.0. The summed E-state index contributed by atoms with van der Waals surface area (Å²) in [6.45, 7) is 6.40. The van der Waals surface area contributed by atoms with E-state index in [9.17, 15) is 5.11 Å². The van der Waals surface area contributed by atoms with Gasteiger partial charge in [-0.15, -0.1) is 5.10 Å². The van der Waals surface area contributed by atoms with Crippen LogP contribution in [0, 0.1) is 5.41 Å². The normalized spacial score (nSPS) is 17.0. The van der Waals surface area contributed by atoms with Crippen molar-refractivity contribution in [1.29, 1.82) is 0 Å². The Morgan fingerprint density at radius 1 is 1.04 bits per heavy atom. The molecule has 0 bridgehead atoms. The molecule has 1 fully saturated rings. The molecule has 25 heavy (non-hydrogen) atoms. The second-order valence-corrected chi connectivity index (χ2v) is 7.60. The number of aryl methyl sites for hydroxylation is 1.